The van der Waals surface area contributed by atoms with Gasteiger partial charge in [0.05, 0.1) is 22.7 Å². The third-order valence-corrected chi connectivity index (χ3v) is 9.39. The summed E-state index contributed by atoms with van der Waals surface area (Å²) in [5.74, 6) is -1.89. The number of amides is 1. The number of benzene rings is 2. The Morgan fingerprint density at radius 3 is 2.15 bits per heavy atom. The van der Waals surface area contributed by atoms with E-state index in [4.69, 9.17) is 59.3 Å². The second-order valence-electron chi connectivity index (χ2n) is 11.9. The van der Waals surface area contributed by atoms with E-state index in [2.05, 4.69) is 9.97 Å². The summed E-state index contributed by atoms with van der Waals surface area (Å²) in [6.45, 7) is 1.87. The van der Waals surface area contributed by atoms with Crippen LogP contribution in [0.1, 0.15) is 59.1 Å². The van der Waals surface area contributed by atoms with E-state index < -0.39 is 51.6 Å². The Morgan fingerprint density at radius 1 is 1.02 bits per heavy atom. The van der Waals surface area contributed by atoms with Crippen LogP contribution in [0.3, 0.4) is 0 Å². The van der Waals surface area contributed by atoms with Crippen LogP contribution in [0.2, 0.25) is 10.0 Å². The first-order valence-corrected chi connectivity index (χ1v) is 15.2. The first kappa shape index (κ1) is 34.9. The molecule has 0 bridgehead atoms. The van der Waals surface area contributed by atoms with Crippen LogP contribution in [-0.4, -0.2) is 104 Å². The van der Waals surface area contributed by atoms with Gasteiger partial charge in [-0.3, -0.25) is 9.69 Å². The van der Waals surface area contributed by atoms with Crippen LogP contribution in [0.4, 0.5) is 8.78 Å². The fraction of sp³-hybridized carbons (Fsp3) is 0.433. The standard InChI is InChI=1S/C30H28B4Cl2F2N4O4/c1-3-27(44,26(38)8-10-41(2)11-9-26)18-12-21-24(22(37)13-18)28(17-4-6-19(35)7-5-17,46-30(33,34)29(31,32)45)42(25(21)43)16-23-39-14-20(36)15-40-23/h4-7,12-15,44-45H,3,8-11,16H2,1-2H3/t27?,28-/m1/s1. The molecule has 1 amide bonds. The van der Waals surface area contributed by atoms with Crippen LogP contribution in [0, 0.1) is 5.82 Å². The molecule has 232 valence electrons. The lowest BCUT2D eigenvalue weighted by Crippen LogP contribution is -2.64. The minimum absolute atomic E-state index is 0.0210. The zero-order valence-corrected chi connectivity index (χ0v) is 26.7. The van der Waals surface area contributed by atoms with Crippen molar-refractivity contribution in [1.82, 2.24) is 19.8 Å². The lowest BCUT2D eigenvalue weighted by atomic mass is 9.42. The Labute approximate surface area is 281 Å². The first-order valence-electron chi connectivity index (χ1n) is 14.5. The molecule has 8 nitrogen and oxygen atoms in total. The van der Waals surface area contributed by atoms with Crippen LogP contribution >= 0.6 is 23.2 Å². The third kappa shape index (κ3) is 5.79. The molecule has 2 N–H and O–H groups in total. The molecule has 2 aliphatic rings. The molecule has 2 aromatic carbocycles. The van der Waals surface area contributed by atoms with E-state index in [0.717, 1.165) is 11.0 Å². The predicted molar refractivity (Wildman–Crippen MR) is 172 cm³/mol. The number of halogens is 4. The summed E-state index contributed by atoms with van der Waals surface area (Å²) >= 11 is 12.1. The highest BCUT2D eigenvalue weighted by Gasteiger charge is 2.59. The number of hydrogen-bond donors (Lipinski definition) is 2. The fourth-order valence-corrected chi connectivity index (χ4v) is 6.38. The minimum atomic E-state index is -2.92. The monoisotopic (exact) mass is 660 g/mol. The first-order chi connectivity index (χ1) is 21.4. The van der Waals surface area contributed by atoms with Gasteiger partial charge in [-0.1, -0.05) is 42.3 Å². The number of alkyl halides is 1. The van der Waals surface area contributed by atoms with Gasteiger partial charge in [0.25, 0.3) is 5.91 Å². The van der Waals surface area contributed by atoms with Crippen LogP contribution in [0.5, 0.6) is 0 Å². The molecule has 1 saturated heterocycles. The van der Waals surface area contributed by atoms with Crippen LogP contribution in [-0.2, 0) is 22.6 Å². The van der Waals surface area contributed by atoms with Gasteiger partial charge >= 0.3 is 0 Å². The Balaban J connectivity index is 1.79. The van der Waals surface area contributed by atoms with Gasteiger partial charge in [-0.05, 0) is 61.5 Å². The van der Waals surface area contributed by atoms with E-state index in [0.29, 0.717) is 13.1 Å². The van der Waals surface area contributed by atoms with Gasteiger partial charge in [-0.15, -0.1) is 0 Å². The molecule has 0 saturated carbocycles. The topological polar surface area (TPSA) is 99.0 Å². The van der Waals surface area contributed by atoms with Crippen molar-refractivity contribution in [2.24, 2.45) is 0 Å². The van der Waals surface area contributed by atoms with Crippen LogP contribution < -0.4 is 0 Å². The Hall–Kier alpha value is -2.47. The van der Waals surface area contributed by atoms with Gasteiger partial charge in [-0.25, -0.2) is 18.7 Å². The molecule has 3 aromatic rings. The van der Waals surface area contributed by atoms with Crippen molar-refractivity contribution in [2.45, 2.75) is 60.5 Å². The van der Waals surface area contributed by atoms with E-state index in [-0.39, 0.29) is 51.8 Å². The number of aromatic nitrogens is 2. The summed E-state index contributed by atoms with van der Waals surface area (Å²) in [6.07, 6.45) is 2.42. The van der Waals surface area contributed by atoms with E-state index in [1.165, 1.54) is 42.7 Å². The van der Waals surface area contributed by atoms with Gasteiger partial charge in [0, 0.05) is 41.5 Å². The molecule has 8 radical (unpaired) electrons. The molecule has 1 aromatic heterocycles. The number of ether oxygens (including phenoxy) is 1. The molecule has 2 atom stereocenters. The molecule has 0 aliphatic carbocycles. The maximum atomic E-state index is 16.9. The number of nitrogens with zero attached hydrogens (tertiary/aromatic N) is 4. The average Bonchev–Trinajstić information content (AvgIpc) is 3.22. The van der Waals surface area contributed by atoms with E-state index in [1.807, 2.05) is 11.9 Å². The Kier molecular flexibility index (Phi) is 9.25. The number of aliphatic hydroxyl groups is 2. The van der Waals surface area contributed by atoms with Crippen molar-refractivity contribution in [3.05, 3.63) is 92.7 Å². The summed E-state index contributed by atoms with van der Waals surface area (Å²) in [5.41, 5.74) is -7.49. The van der Waals surface area contributed by atoms with Crippen molar-refractivity contribution >= 4 is 60.5 Å². The lowest BCUT2D eigenvalue weighted by molar-refractivity contribution is -0.163. The predicted octanol–water partition coefficient (Wildman–Crippen LogP) is 2.80. The molecular formula is C30H28B4Cl2F2N4O4. The number of fused-ring (bicyclic) bond motifs is 1. The number of carbonyl (C=O) groups excluding carboxylic acids is 1. The zero-order chi connectivity index (χ0) is 33.9. The minimum Gasteiger partial charge on any atom is -0.408 e. The second kappa shape index (κ2) is 12.2. The molecule has 0 spiro atoms. The summed E-state index contributed by atoms with van der Waals surface area (Å²) in [4.78, 5) is 25.7. The number of likely N-dealkylation sites (tertiary alicyclic amines) is 1. The summed E-state index contributed by atoms with van der Waals surface area (Å²) in [7, 11) is 25.5. The smallest absolute Gasteiger partial charge is 0.257 e. The molecule has 1 unspecified atom stereocenters. The van der Waals surface area contributed by atoms with Gasteiger partial charge in [0.15, 0.2) is 5.72 Å². The Bertz CT molecular complexity index is 1630. The average molecular weight is 661 g/mol. The van der Waals surface area contributed by atoms with E-state index >= 15 is 8.78 Å². The zero-order valence-electron chi connectivity index (χ0n) is 25.2. The summed E-state index contributed by atoms with van der Waals surface area (Å²) in [5, 5.41) is 17.2. The highest BCUT2D eigenvalue weighted by molar-refractivity contribution is 6.53. The second-order valence-corrected chi connectivity index (χ2v) is 12.8. The third-order valence-electron chi connectivity index (χ3n) is 8.95. The lowest BCUT2D eigenvalue weighted by Gasteiger charge is -2.50. The van der Waals surface area contributed by atoms with Crippen molar-refractivity contribution in [1.29, 1.82) is 0 Å². The highest BCUT2D eigenvalue weighted by Crippen LogP contribution is 2.52. The summed E-state index contributed by atoms with van der Waals surface area (Å²) in [6, 6.07) is 7.93. The number of hydrogen-bond acceptors (Lipinski definition) is 7. The highest BCUT2D eigenvalue weighted by atomic mass is 35.5. The van der Waals surface area contributed by atoms with Gasteiger partial charge in [0.1, 0.15) is 54.3 Å². The SMILES string of the molecule is [B]C([B])(O)C([B])([B])O[C@]1(c2ccc(Cl)cc2)c2c(F)cc(C(O)(CC)C3(F)CCN(C)CC3)cc2C(=O)N1Cc1ncc(Cl)cn1. The van der Waals surface area contributed by atoms with Crippen molar-refractivity contribution in [3.8, 4) is 0 Å². The molecule has 5 rings (SSSR count). The van der Waals surface area contributed by atoms with Crippen LogP contribution in [0.25, 0.3) is 0 Å². The van der Waals surface area contributed by atoms with E-state index in [1.54, 1.807) is 6.92 Å². The molecule has 3 heterocycles. The molecule has 2 aliphatic heterocycles. The number of piperidine rings is 1. The van der Waals surface area contributed by atoms with E-state index in [9.17, 15) is 15.0 Å². The molecule has 1 fully saturated rings. The molecule has 46 heavy (non-hydrogen) atoms. The van der Waals surface area contributed by atoms with Crippen LogP contribution in [0.15, 0.2) is 48.8 Å². The largest absolute Gasteiger partial charge is 0.408 e. The summed E-state index contributed by atoms with van der Waals surface area (Å²) < 4.78 is 39.6. The Morgan fingerprint density at radius 2 is 1.61 bits per heavy atom. The van der Waals surface area contributed by atoms with Crippen molar-refractivity contribution in [3.63, 3.8) is 0 Å². The fourth-order valence-electron chi connectivity index (χ4n) is 6.16. The molecule has 16 heteroatoms. The number of rotatable bonds is 9. The quantitative estimate of drug-likeness (QED) is 0.341. The van der Waals surface area contributed by atoms with Gasteiger partial charge in [0.2, 0.25) is 0 Å². The maximum absolute atomic E-state index is 16.9. The van der Waals surface area contributed by atoms with Gasteiger partial charge in [-0.2, -0.15) is 0 Å². The normalized spacial score (nSPS) is 21.7. The maximum Gasteiger partial charge on any atom is 0.257 e. The van der Waals surface area contributed by atoms with Gasteiger partial charge < -0.3 is 19.8 Å². The van der Waals surface area contributed by atoms with Crippen molar-refractivity contribution < 1.29 is 28.5 Å². The number of carbonyl (C=O) groups is 1. The van der Waals surface area contributed by atoms with Crippen molar-refractivity contribution in [2.75, 3.05) is 20.1 Å². The molecular weight excluding hydrogens is 633 g/mol.